The highest BCUT2D eigenvalue weighted by Crippen LogP contribution is 2.23. The molecule has 0 aromatic carbocycles. The Labute approximate surface area is 126 Å². The lowest BCUT2D eigenvalue weighted by molar-refractivity contribution is -0.141. The maximum absolute atomic E-state index is 12.5. The van der Waals surface area contributed by atoms with Gasteiger partial charge < -0.3 is 9.88 Å². The summed E-state index contributed by atoms with van der Waals surface area (Å²) < 4.78 is 61.4. The normalized spacial score (nSPS) is 21.0. The zero-order valence-electron chi connectivity index (χ0n) is 12.2. The van der Waals surface area contributed by atoms with E-state index in [9.17, 15) is 26.4 Å². The third-order valence-electron chi connectivity index (χ3n) is 3.72. The second-order valence-corrected chi connectivity index (χ2v) is 7.79. The Morgan fingerprint density at radius 2 is 2.05 bits per heavy atom. The highest BCUT2D eigenvalue weighted by atomic mass is 32.2. The number of nitrogens with one attached hydrogen (secondary N) is 1. The quantitative estimate of drug-likeness (QED) is 0.910. The molecular formula is C13H17F3N2O3S. The van der Waals surface area contributed by atoms with Crippen molar-refractivity contribution in [3.8, 4) is 0 Å². The van der Waals surface area contributed by atoms with E-state index in [1.165, 1.54) is 19.9 Å². The number of halogens is 3. The second-order valence-electron chi connectivity index (χ2n) is 5.56. The summed E-state index contributed by atoms with van der Waals surface area (Å²) in [5, 5.41) is 2.58. The van der Waals surface area contributed by atoms with E-state index >= 15 is 0 Å². The SMILES string of the molecule is Cc1cc(C(=O)N[C@@H]2CCS(=O)(=O)C2)c(C)n1CC(F)(F)F. The summed E-state index contributed by atoms with van der Waals surface area (Å²) in [7, 11) is -3.13. The smallest absolute Gasteiger partial charge is 0.348 e. The van der Waals surface area contributed by atoms with E-state index in [2.05, 4.69) is 5.32 Å². The van der Waals surface area contributed by atoms with Gasteiger partial charge in [0.05, 0.1) is 17.1 Å². The Kier molecular flexibility index (Phi) is 4.29. The van der Waals surface area contributed by atoms with Crippen molar-refractivity contribution in [2.75, 3.05) is 11.5 Å². The minimum atomic E-state index is -4.37. The van der Waals surface area contributed by atoms with Gasteiger partial charge in [0.1, 0.15) is 6.54 Å². The van der Waals surface area contributed by atoms with E-state index in [0.29, 0.717) is 12.1 Å². The lowest BCUT2D eigenvalue weighted by atomic mass is 10.2. The molecule has 2 heterocycles. The first-order valence-corrected chi connectivity index (χ1v) is 8.55. The minimum absolute atomic E-state index is 0.0189. The number of amides is 1. The predicted molar refractivity (Wildman–Crippen MR) is 74.5 cm³/mol. The summed E-state index contributed by atoms with van der Waals surface area (Å²) in [5.41, 5.74) is 0.693. The molecular weight excluding hydrogens is 321 g/mol. The van der Waals surface area contributed by atoms with E-state index in [1.807, 2.05) is 0 Å². The zero-order chi connectivity index (χ0) is 16.7. The Morgan fingerprint density at radius 3 is 2.55 bits per heavy atom. The molecule has 0 aliphatic carbocycles. The Bertz CT molecular complexity index is 692. The first-order valence-electron chi connectivity index (χ1n) is 6.73. The largest absolute Gasteiger partial charge is 0.406 e. The third-order valence-corrected chi connectivity index (χ3v) is 5.49. The highest BCUT2D eigenvalue weighted by Gasteiger charge is 2.32. The van der Waals surface area contributed by atoms with E-state index in [4.69, 9.17) is 0 Å². The number of hydrogen-bond donors (Lipinski definition) is 1. The summed E-state index contributed by atoms with van der Waals surface area (Å²) in [6, 6.07) is 0.906. The van der Waals surface area contributed by atoms with E-state index in [-0.39, 0.29) is 22.8 Å². The number of alkyl halides is 3. The fraction of sp³-hybridized carbons (Fsp3) is 0.615. The molecule has 0 radical (unpaired) electrons. The van der Waals surface area contributed by atoms with Crippen LogP contribution in [0.25, 0.3) is 0 Å². The van der Waals surface area contributed by atoms with E-state index in [0.717, 1.165) is 4.57 Å². The van der Waals surface area contributed by atoms with Crippen molar-refractivity contribution < 1.29 is 26.4 Å². The van der Waals surface area contributed by atoms with Gasteiger partial charge in [0.15, 0.2) is 9.84 Å². The number of sulfone groups is 1. The molecule has 1 aliphatic heterocycles. The van der Waals surface area contributed by atoms with Gasteiger partial charge in [-0.1, -0.05) is 0 Å². The van der Waals surface area contributed by atoms with Gasteiger partial charge in [-0.25, -0.2) is 8.42 Å². The second kappa shape index (κ2) is 5.60. The minimum Gasteiger partial charge on any atom is -0.348 e. The summed E-state index contributed by atoms with van der Waals surface area (Å²) in [5.74, 6) is -0.644. The Morgan fingerprint density at radius 1 is 1.41 bits per heavy atom. The van der Waals surface area contributed by atoms with Gasteiger partial charge in [0, 0.05) is 17.4 Å². The maximum Gasteiger partial charge on any atom is 0.406 e. The van der Waals surface area contributed by atoms with Crippen molar-refractivity contribution in [1.29, 1.82) is 0 Å². The first kappa shape index (κ1) is 16.9. The van der Waals surface area contributed by atoms with Gasteiger partial charge in [0.25, 0.3) is 5.91 Å². The topological polar surface area (TPSA) is 68.2 Å². The molecule has 22 heavy (non-hydrogen) atoms. The molecule has 1 amide bonds. The molecule has 2 rings (SSSR count). The number of aromatic nitrogens is 1. The number of carbonyl (C=O) groups excluding carboxylic acids is 1. The van der Waals surface area contributed by atoms with Crippen LogP contribution >= 0.6 is 0 Å². The lowest BCUT2D eigenvalue weighted by Crippen LogP contribution is -2.35. The van der Waals surface area contributed by atoms with Crippen LogP contribution in [0.3, 0.4) is 0 Å². The van der Waals surface area contributed by atoms with Crippen LogP contribution in [0.1, 0.15) is 28.2 Å². The molecule has 5 nitrogen and oxygen atoms in total. The van der Waals surface area contributed by atoms with Gasteiger partial charge in [0.2, 0.25) is 0 Å². The summed E-state index contributed by atoms with van der Waals surface area (Å²) in [6.07, 6.45) is -4.04. The molecule has 1 aliphatic rings. The molecule has 1 atom stereocenters. The van der Waals surface area contributed by atoms with Crippen LogP contribution in [0, 0.1) is 13.8 Å². The van der Waals surface area contributed by atoms with Crippen LogP contribution in [0.15, 0.2) is 6.07 Å². The number of aryl methyl sites for hydroxylation is 1. The van der Waals surface area contributed by atoms with Gasteiger partial charge in [-0.2, -0.15) is 13.2 Å². The van der Waals surface area contributed by atoms with E-state index < -0.39 is 34.5 Å². The van der Waals surface area contributed by atoms with E-state index in [1.54, 1.807) is 0 Å². The molecule has 1 aromatic rings. The summed E-state index contributed by atoms with van der Waals surface area (Å²) in [6.45, 7) is 1.78. The zero-order valence-corrected chi connectivity index (χ0v) is 13.0. The molecule has 124 valence electrons. The maximum atomic E-state index is 12.5. The molecule has 1 N–H and O–H groups in total. The fourth-order valence-electron chi connectivity index (χ4n) is 2.63. The van der Waals surface area contributed by atoms with Gasteiger partial charge >= 0.3 is 6.18 Å². The fourth-order valence-corrected chi connectivity index (χ4v) is 4.30. The standard InChI is InChI=1S/C13H17F3N2O3S/c1-8-5-11(9(2)18(8)7-13(14,15)16)12(19)17-10-3-4-22(20,21)6-10/h5,10H,3-4,6-7H2,1-2H3,(H,17,19)/t10-/m1/s1. The number of nitrogens with zero attached hydrogens (tertiary/aromatic N) is 1. The third kappa shape index (κ3) is 3.82. The van der Waals surface area contributed by atoms with Crippen molar-refractivity contribution >= 4 is 15.7 Å². The van der Waals surface area contributed by atoms with Crippen LogP contribution in [0.2, 0.25) is 0 Å². The number of carbonyl (C=O) groups is 1. The molecule has 9 heteroatoms. The van der Waals surface area contributed by atoms with Crippen LogP contribution in [-0.2, 0) is 16.4 Å². The number of rotatable bonds is 3. The van der Waals surface area contributed by atoms with Crippen molar-refractivity contribution in [1.82, 2.24) is 9.88 Å². The van der Waals surface area contributed by atoms with Gasteiger partial charge in [-0.05, 0) is 26.3 Å². The first-order chi connectivity index (χ1) is 9.98. The molecule has 0 spiro atoms. The number of hydrogen-bond acceptors (Lipinski definition) is 3. The molecule has 1 aromatic heterocycles. The predicted octanol–water partition coefficient (Wildman–Crippen LogP) is 1.58. The van der Waals surface area contributed by atoms with Crippen LogP contribution in [0.4, 0.5) is 13.2 Å². The van der Waals surface area contributed by atoms with Gasteiger partial charge in [-0.3, -0.25) is 4.79 Å². The van der Waals surface area contributed by atoms with Gasteiger partial charge in [-0.15, -0.1) is 0 Å². The van der Waals surface area contributed by atoms with Crippen LogP contribution < -0.4 is 5.32 Å². The van der Waals surface area contributed by atoms with Crippen molar-refractivity contribution in [3.63, 3.8) is 0 Å². The molecule has 1 saturated heterocycles. The highest BCUT2D eigenvalue weighted by molar-refractivity contribution is 7.91. The monoisotopic (exact) mass is 338 g/mol. The molecule has 0 unspecified atom stereocenters. The average molecular weight is 338 g/mol. The van der Waals surface area contributed by atoms with Crippen molar-refractivity contribution in [3.05, 3.63) is 23.0 Å². The Balaban J connectivity index is 2.16. The van der Waals surface area contributed by atoms with Crippen LogP contribution in [-0.4, -0.2) is 42.6 Å². The summed E-state index contributed by atoms with van der Waals surface area (Å²) >= 11 is 0. The lowest BCUT2D eigenvalue weighted by Gasteiger charge is -2.13. The Hall–Kier alpha value is -1.51. The molecule has 1 fully saturated rings. The van der Waals surface area contributed by atoms with Crippen molar-refractivity contribution in [2.45, 2.75) is 39.0 Å². The summed E-state index contributed by atoms with van der Waals surface area (Å²) in [4.78, 5) is 12.2. The van der Waals surface area contributed by atoms with Crippen LogP contribution in [0.5, 0.6) is 0 Å². The molecule has 0 saturated carbocycles. The van der Waals surface area contributed by atoms with Crippen molar-refractivity contribution in [2.24, 2.45) is 0 Å². The average Bonchev–Trinajstić information content (AvgIpc) is 2.81. The molecule has 0 bridgehead atoms.